The maximum atomic E-state index is 12.9. The lowest BCUT2D eigenvalue weighted by molar-refractivity contribution is -0.135. The average molecular weight is 390 g/mol. The minimum absolute atomic E-state index is 0.141. The van der Waals surface area contributed by atoms with Crippen molar-refractivity contribution in [1.29, 1.82) is 0 Å². The van der Waals surface area contributed by atoms with Crippen LogP contribution in [0.15, 0.2) is 48.5 Å². The third-order valence-corrected chi connectivity index (χ3v) is 5.56. The van der Waals surface area contributed by atoms with Crippen LogP contribution in [-0.2, 0) is 16.8 Å². The van der Waals surface area contributed by atoms with Gasteiger partial charge < -0.3 is 10.0 Å². The Labute approximate surface area is 164 Å². The fourth-order valence-electron chi connectivity index (χ4n) is 3.61. The molecule has 3 rings (SSSR count). The number of aliphatic hydroxyl groups is 1. The Kier molecular flexibility index (Phi) is 6.51. The van der Waals surface area contributed by atoms with E-state index in [0.717, 1.165) is 30.4 Å². The Morgan fingerprint density at radius 1 is 1.11 bits per heavy atom. The number of nitrogens with zero attached hydrogens (tertiary/aromatic N) is 1. The zero-order valence-electron chi connectivity index (χ0n) is 15.3. The van der Waals surface area contributed by atoms with Gasteiger partial charge in [-0.2, -0.15) is 0 Å². The molecular weight excluding hydrogens is 365 g/mol. The number of benzene rings is 2. The van der Waals surface area contributed by atoms with Gasteiger partial charge >= 0.3 is 0 Å². The lowest BCUT2D eigenvalue weighted by Crippen LogP contribution is -2.45. The van der Waals surface area contributed by atoms with Crippen LogP contribution in [0.3, 0.4) is 0 Å². The summed E-state index contributed by atoms with van der Waals surface area (Å²) in [6.45, 7) is 1.11. The first-order valence-electron chi connectivity index (χ1n) is 9.47. The Bertz CT molecular complexity index is 770. The van der Waals surface area contributed by atoms with Crippen LogP contribution in [0.4, 0.5) is 4.39 Å². The lowest BCUT2D eigenvalue weighted by Gasteiger charge is -2.38. The van der Waals surface area contributed by atoms with Crippen molar-refractivity contribution in [2.45, 2.75) is 44.1 Å². The van der Waals surface area contributed by atoms with E-state index in [1.807, 2.05) is 17.0 Å². The molecule has 27 heavy (non-hydrogen) atoms. The predicted molar refractivity (Wildman–Crippen MR) is 105 cm³/mol. The molecule has 5 heteroatoms. The first kappa shape index (κ1) is 19.8. The fourth-order valence-corrected chi connectivity index (χ4v) is 3.80. The number of carbonyl (C=O) groups excluding carboxylic acids is 1. The summed E-state index contributed by atoms with van der Waals surface area (Å²) in [6, 6.07) is 13.8. The highest BCUT2D eigenvalue weighted by atomic mass is 35.5. The number of carbonyl (C=O) groups is 1. The largest absolute Gasteiger partial charge is 0.385 e. The zero-order valence-corrected chi connectivity index (χ0v) is 16.1. The summed E-state index contributed by atoms with van der Waals surface area (Å²) in [7, 11) is 0. The molecule has 1 heterocycles. The SMILES string of the molecule is O=C(CCCCc1ccc(F)cc1)N1CCC(O)(c2cccc(Cl)c2)CC1. The second kappa shape index (κ2) is 8.85. The number of aryl methyl sites for hydroxylation is 1. The van der Waals surface area contributed by atoms with Crippen molar-refractivity contribution in [1.82, 2.24) is 4.90 Å². The highest BCUT2D eigenvalue weighted by molar-refractivity contribution is 6.30. The van der Waals surface area contributed by atoms with Gasteiger partial charge in [-0.25, -0.2) is 4.39 Å². The van der Waals surface area contributed by atoms with Crippen molar-refractivity contribution < 1.29 is 14.3 Å². The van der Waals surface area contributed by atoms with E-state index in [4.69, 9.17) is 11.6 Å². The average Bonchev–Trinajstić information content (AvgIpc) is 2.67. The number of piperidine rings is 1. The summed E-state index contributed by atoms with van der Waals surface area (Å²) in [6.07, 6.45) is 4.12. The van der Waals surface area contributed by atoms with Crippen molar-refractivity contribution in [3.63, 3.8) is 0 Å². The number of halogens is 2. The summed E-state index contributed by atoms with van der Waals surface area (Å²) in [5, 5.41) is 11.5. The van der Waals surface area contributed by atoms with Crippen molar-refractivity contribution in [2.24, 2.45) is 0 Å². The van der Waals surface area contributed by atoms with Crippen molar-refractivity contribution in [3.05, 3.63) is 70.5 Å². The molecule has 2 aromatic rings. The molecule has 0 spiro atoms. The van der Waals surface area contributed by atoms with Gasteiger partial charge in [0.15, 0.2) is 0 Å². The Morgan fingerprint density at radius 2 is 1.81 bits per heavy atom. The number of likely N-dealkylation sites (tertiary alicyclic amines) is 1. The van der Waals surface area contributed by atoms with Gasteiger partial charge in [0.1, 0.15) is 5.82 Å². The first-order valence-corrected chi connectivity index (χ1v) is 9.85. The monoisotopic (exact) mass is 389 g/mol. The molecule has 0 aliphatic carbocycles. The Hall–Kier alpha value is -1.91. The van der Waals surface area contributed by atoms with Gasteiger partial charge in [-0.1, -0.05) is 35.9 Å². The molecule has 1 saturated heterocycles. The Morgan fingerprint density at radius 3 is 2.48 bits per heavy atom. The van der Waals surface area contributed by atoms with Crippen molar-refractivity contribution in [2.75, 3.05) is 13.1 Å². The van der Waals surface area contributed by atoms with Crippen molar-refractivity contribution in [3.8, 4) is 0 Å². The summed E-state index contributed by atoms with van der Waals surface area (Å²) in [4.78, 5) is 14.3. The van der Waals surface area contributed by atoms with E-state index >= 15 is 0 Å². The highest BCUT2D eigenvalue weighted by Gasteiger charge is 2.35. The molecule has 0 radical (unpaired) electrons. The minimum atomic E-state index is -0.912. The van der Waals surface area contributed by atoms with E-state index in [2.05, 4.69) is 0 Å². The van der Waals surface area contributed by atoms with E-state index < -0.39 is 5.60 Å². The normalized spacial score (nSPS) is 16.3. The summed E-state index contributed by atoms with van der Waals surface area (Å²) in [5.74, 6) is -0.0843. The molecule has 0 unspecified atom stereocenters. The molecule has 0 atom stereocenters. The molecule has 1 aliphatic heterocycles. The number of amides is 1. The van der Waals surface area contributed by atoms with Gasteiger partial charge in [-0.3, -0.25) is 4.79 Å². The fraction of sp³-hybridized carbons (Fsp3) is 0.409. The van der Waals surface area contributed by atoms with Crippen LogP contribution in [0.2, 0.25) is 5.02 Å². The van der Waals surface area contributed by atoms with Gasteiger partial charge in [-0.15, -0.1) is 0 Å². The zero-order chi connectivity index (χ0) is 19.3. The number of unbranched alkanes of at least 4 members (excludes halogenated alkanes) is 1. The number of rotatable bonds is 6. The molecule has 0 aromatic heterocycles. The van der Waals surface area contributed by atoms with Crippen LogP contribution < -0.4 is 0 Å². The molecular formula is C22H25ClFNO2. The van der Waals surface area contributed by atoms with Gasteiger partial charge in [0.2, 0.25) is 5.91 Å². The van der Waals surface area contributed by atoms with Crippen LogP contribution in [0.1, 0.15) is 43.2 Å². The summed E-state index contributed by atoms with van der Waals surface area (Å²) >= 11 is 6.03. The second-order valence-corrected chi connectivity index (χ2v) is 7.69. The van der Waals surface area contributed by atoms with Gasteiger partial charge in [0, 0.05) is 24.5 Å². The highest BCUT2D eigenvalue weighted by Crippen LogP contribution is 2.34. The van der Waals surface area contributed by atoms with E-state index in [1.165, 1.54) is 12.1 Å². The third kappa shape index (κ3) is 5.30. The minimum Gasteiger partial charge on any atom is -0.385 e. The quantitative estimate of drug-likeness (QED) is 0.727. The Balaban J connectivity index is 1.42. The molecule has 0 saturated carbocycles. The van der Waals surface area contributed by atoms with E-state index in [9.17, 15) is 14.3 Å². The predicted octanol–water partition coefficient (Wildman–Crippen LogP) is 4.70. The van der Waals surface area contributed by atoms with E-state index in [1.54, 1.807) is 24.3 Å². The third-order valence-electron chi connectivity index (χ3n) is 5.32. The van der Waals surface area contributed by atoms with Crippen LogP contribution in [0.25, 0.3) is 0 Å². The lowest BCUT2D eigenvalue weighted by atomic mass is 9.84. The molecule has 1 fully saturated rings. The maximum absolute atomic E-state index is 12.9. The second-order valence-electron chi connectivity index (χ2n) is 7.26. The van der Waals surface area contributed by atoms with E-state index in [0.29, 0.717) is 37.4 Å². The van der Waals surface area contributed by atoms with E-state index in [-0.39, 0.29) is 11.7 Å². The number of hydrogen-bond donors (Lipinski definition) is 1. The summed E-state index contributed by atoms with van der Waals surface area (Å²) in [5.41, 5.74) is 0.999. The smallest absolute Gasteiger partial charge is 0.222 e. The molecule has 2 aromatic carbocycles. The van der Waals surface area contributed by atoms with Crippen LogP contribution in [0, 0.1) is 5.82 Å². The van der Waals surface area contributed by atoms with Crippen LogP contribution in [0.5, 0.6) is 0 Å². The van der Waals surface area contributed by atoms with Crippen LogP contribution in [-0.4, -0.2) is 29.0 Å². The molecule has 0 bridgehead atoms. The molecule has 3 nitrogen and oxygen atoms in total. The molecule has 1 amide bonds. The van der Waals surface area contributed by atoms with Gasteiger partial charge in [-0.05, 0) is 67.5 Å². The van der Waals surface area contributed by atoms with Crippen LogP contribution >= 0.6 is 11.6 Å². The standard InChI is InChI=1S/C22H25ClFNO2/c23-19-6-3-5-18(16-19)22(27)12-14-25(15-13-22)21(26)7-2-1-4-17-8-10-20(24)11-9-17/h3,5-6,8-11,16,27H,1-2,4,7,12-15H2. The molecule has 1 N–H and O–H groups in total. The van der Waals surface area contributed by atoms with Gasteiger partial charge in [0.25, 0.3) is 0 Å². The first-order chi connectivity index (χ1) is 13.0. The topological polar surface area (TPSA) is 40.5 Å². The number of hydrogen-bond acceptors (Lipinski definition) is 2. The maximum Gasteiger partial charge on any atom is 0.222 e. The molecule has 1 aliphatic rings. The molecule has 144 valence electrons. The summed E-state index contributed by atoms with van der Waals surface area (Å²) < 4.78 is 12.9. The van der Waals surface area contributed by atoms with Gasteiger partial charge in [0.05, 0.1) is 5.60 Å². The van der Waals surface area contributed by atoms with Crippen molar-refractivity contribution >= 4 is 17.5 Å².